The number of hydrogen-bond acceptors (Lipinski definition) is 5. The van der Waals surface area contributed by atoms with Crippen LogP contribution in [0.25, 0.3) is 0 Å². The van der Waals surface area contributed by atoms with E-state index in [1.807, 2.05) is 18.2 Å². The second-order valence-electron chi connectivity index (χ2n) is 6.42. The summed E-state index contributed by atoms with van der Waals surface area (Å²) in [6, 6.07) is 16.6. The number of halogens is 3. The molecular formula is C22H15F3N4O2. The summed E-state index contributed by atoms with van der Waals surface area (Å²) >= 11 is 0. The van der Waals surface area contributed by atoms with E-state index in [2.05, 4.69) is 15.3 Å². The Labute approximate surface area is 175 Å². The van der Waals surface area contributed by atoms with Gasteiger partial charge in [0.2, 0.25) is 5.88 Å². The van der Waals surface area contributed by atoms with Crippen LogP contribution < -0.4 is 10.2 Å². The Balaban J connectivity index is 1.72. The summed E-state index contributed by atoms with van der Waals surface area (Å²) in [6.45, 7) is 0. The molecule has 156 valence electrons. The van der Waals surface area contributed by atoms with Gasteiger partial charge < -0.3 is 9.73 Å². The van der Waals surface area contributed by atoms with Gasteiger partial charge in [-0.3, -0.25) is 9.69 Å². The highest BCUT2D eigenvalue weighted by Gasteiger charge is 2.30. The number of rotatable bonds is 5. The van der Waals surface area contributed by atoms with Gasteiger partial charge in [0.1, 0.15) is 0 Å². The number of anilines is 4. The molecule has 0 aliphatic rings. The van der Waals surface area contributed by atoms with Crippen LogP contribution in [0.3, 0.4) is 0 Å². The number of carbonyl (C=O) groups is 1. The Morgan fingerprint density at radius 1 is 1.00 bits per heavy atom. The molecule has 4 rings (SSSR count). The molecule has 1 N–H and O–H groups in total. The predicted octanol–water partition coefficient (Wildman–Crippen LogP) is 5.81. The number of nitrogens with one attached hydrogen (secondary N) is 1. The molecule has 6 nitrogen and oxygen atoms in total. The Kier molecular flexibility index (Phi) is 5.40. The zero-order valence-electron chi connectivity index (χ0n) is 15.9. The second-order valence-corrected chi connectivity index (χ2v) is 6.42. The molecule has 0 fully saturated rings. The monoisotopic (exact) mass is 424 g/mol. The number of nitrogens with zero attached hydrogens (tertiary/aromatic N) is 3. The van der Waals surface area contributed by atoms with Crippen LogP contribution in [0.4, 0.5) is 36.2 Å². The van der Waals surface area contributed by atoms with Gasteiger partial charge in [-0.25, -0.2) is 9.97 Å². The maximum atomic E-state index is 13.0. The predicted molar refractivity (Wildman–Crippen MR) is 108 cm³/mol. The first-order valence-corrected chi connectivity index (χ1v) is 9.11. The minimum absolute atomic E-state index is 0.0144. The first kappa shape index (κ1) is 20.1. The number of oxazole rings is 1. The van der Waals surface area contributed by atoms with Crippen LogP contribution >= 0.6 is 0 Å². The van der Waals surface area contributed by atoms with Crippen molar-refractivity contribution in [3.05, 3.63) is 96.6 Å². The van der Waals surface area contributed by atoms with Crippen LogP contribution in [-0.2, 0) is 6.18 Å². The van der Waals surface area contributed by atoms with E-state index in [1.54, 1.807) is 23.1 Å². The van der Waals surface area contributed by atoms with Gasteiger partial charge in [-0.2, -0.15) is 13.2 Å². The molecule has 0 aliphatic carbocycles. The fourth-order valence-electron chi connectivity index (χ4n) is 2.97. The molecule has 1 amide bonds. The van der Waals surface area contributed by atoms with Gasteiger partial charge in [0, 0.05) is 11.9 Å². The topological polar surface area (TPSA) is 71.3 Å². The van der Waals surface area contributed by atoms with Gasteiger partial charge in [0.15, 0.2) is 12.2 Å². The molecule has 0 spiro atoms. The molecule has 9 heteroatoms. The van der Waals surface area contributed by atoms with E-state index in [4.69, 9.17) is 4.42 Å². The quantitative estimate of drug-likeness (QED) is 0.438. The summed E-state index contributed by atoms with van der Waals surface area (Å²) in [5, 5.41) is 2.51. The molecular weight excluding hydrogens is 409 g/mol. The standard InChI is InChI=1S/C22H15F3N4O2/c23-22(24,25)15-6-4-7-16(12-15)28-21(30)18-10-5-11-27-20(18)29(19-13-26-14-31-19)17-8-2-1-3-9-17/h1-14H,(H,28,30). The highest BCUT2D eigenvalue weighted by atomic mass is 19.4. The van der Waals surface area contributed by atoms with Crippen molar-refractivity contribution in [3.63, 3.8) is 0 Å². The fourth-order valence-corrected chi connectivity index (χ4v) is 2.97. The average Bonchev–Trinajstić information content (AvgIpc) is 3.29. The molecule has 0 bridgehead atoms. The summed E-state index contributed by atoms with van der Waals surface area (Å²) in [7, 11) is 0. The van der Waals surface area contributed by atoms with Gasteiger partial charge in [-0.15, -0.1) is 0 Å². The lowest BCUT2D eigenvalue weighted by Gasteiger charge is -2.22. The first-order chi connectivity index (χ1) is 14.9. The molecule has 0 saturated heterocycles. The molecule has 0 saturated carbocycles. The average molecular weight is 424 g/mol. The number of alkyl halides is 3. The van der Waals surface area contributed by atoms with Gasteiger partial charge in [0.25, 0.3) is 5.91 Å². The van der Waals surface area contributed by atoms with Crippen molar-refractivity contribution in [1.29, 1.82) is 0 Å². The third-order valence-corrected chi connectivity index (χ3v) is 4.34. The van der Waals surface area contributed by atoms with E-state index < -0.39 is 17.6 Å². The van der Waals surface area contributed by atoms with Gasteiger partial charge in [-0.05, 0) is 42.5 Å². The van der Waals surface area contributed by atoms with E-state index >= 15 is 0 Å². The summed E-state index contributed by atoms with van der Waals surface area (Å²) in [4.78, 5) is 22.8. The number of carbonyl (C=O) groups excluding carboxylic acids is 1. The van der Waals surface area contributed by atoms with E-state index in [0.717, 1.165) is 12.1 Å². The number of amides is 1. The van der Waals surface area contributed by atoms with Crippen molar-refractivity contribution in [2.24, 2.45) is 0 Å². The zero-order valence-corrected chi connectivity index (χ0v) is 15.9. The highest BCUT2D eigenvalue weighted by Crippen LogP contribution is 2.35. The van der Waals surface area contributed by atoms with Crippen LogP contribution in [0.1, 0.15) is 15.9 Å². The van der Waals surface area contributed by atoms with Gasteiger partial charge in [-0.1, -0.05) is 24.3 Å². The number of aromatic nitrogens is 2. The van der Waals surface area contributed by atoms with E-state index in [-0.39, 0.29) is 17.1 Å². The molecule has 0 radical (unpaired) electrons. The summed E-state index contributed by atoms with van der Waals surface area (Å²) in [5.41, 5.74) is -0.0453. The minimum Gasteiger partial charge on any atom is -0.427 e. The lowest BCUT2D eigenvalue weighted by Crippen LogP contribution is -2.19. The maximum absolute atomic E-state index is 13.0. The van der Waals surface area contributed by atoms with Crippen molar-refractivity contribution >= 4 is 29.0 Å². The molecule has 0 atom stereocenters. The van der Waals surface area contributed by atoms with Crippen LogP contribution in [0, 0.1) is 0 Å². The van der Waals surface area contributed by atoms with Crippen LogP contribution in [0.5, 0.6) is 0 Å². The van der Waals surface area contributed by atoms with Crippen molar-refractivity contribution < 1.29 is 22.4 Å². The van der Waals surface area contributed by atoms with E-state index in [1.165, 1.54) is 37.0 Å². The number of pyridine rings is 1. The Morgan fingerprint density at radius 3 is 2.52 bits per heavy atom. The molecule has 2 aromatic carbocycles. The van der Waals surface area contributed by atoms with Crippen molar-refractivity contribution in [2.45, 2.75) is 6.18 Å². The third-order valence-electron chi connectivity index (χ3n) is 4.34. The van der Waals surface area contributed by atoms with Gasteiger partial charge in [0.05, 0.1) is 23.0 Å². The van der Waals surface area contributed by atoms with Crippen molar-refractivity contribution in [3.8, 4) is 0 Å². The smallest absolute Gasteiger partial charge is 0.416 e. The van der Waals surface area contributed by atoms with Gasteiger partial charge >= 0.3 is 6.18 Å². The third kappa shape index (κ3) is 4.40. The van der Waals surface area contributed by atoms with Crippen molar-refractivity contribution in [2.75, 3.05) is 10.2 Å². The minimum atomic E-state index is -4.52. The molecule has 0 unspecified atom stereocenters. The Morgan fingerprint density at radius 2 is 1.81 bits per heavy atom. The number of para-hydroxylation sites is 1. The highest BCUT2D eigenvalue weighted by molar-refractivity contribution is 6.08. The Hall–Kier alpha value is -4.14. The largest absolute Gasteiger partial charge is 0.427 e. The zero-order chi connectivity index (χ0) is 21.8. The normalized spacial score (nSPS) is 11.2. The molecule has 0 aliphatic heterocycles. The summed E-state index contributed by atoms with van der Waals surface area (Å²) < 4.78 is 44.4. The lowest BCUT2D eigenvalue weighted by atomic mass is 10.1. The van der Waals surface area contributed by atoms with Crippen LogP contribution in [-0.4, -0.2) is 15.9 Å². The molecule has 2 heterocycles. The lowest BCUT2D eigenvalue weighted by molar-refractivity contribution is -0.137. The molecule has 2 aromatic heterocycles. The summed E-state index contributed by atoms with van der Waals surface area (Å²) in [5.74, 6) is -0.0733. The van der Waals surface area contributed by atoms with Crippen molar-refractivity contribution in [1.82, 2.24) is 9.97 Å². The molecule has 31 heavy (non-hydrogen) atoms. The van der Waals surface area contributed by atoms with Crippen LogP contribution in [0.2, 0.25) is 0 Å². The Bertz CT molecular complexity index is 1180. The maximum Gasteiger partial charge on any atom is 0.416 e. The number of hydrogen-bond donors (Lipinski definition) is 1. The fraction of sp³-hybridized carbons (Fsp3) is 0.0455. The SMILES string of the molecule is O=C(Nc1cccc(C(F)(F)F)c1)c1cccnc1N(c1ccccc1)c1cnco1. The number of benzene rings is 2. The molecule has 4 aromatic rings. The van der Waals surface area contributed by atoms with E-state index in [0.29, 0.717) is 11.6 Å². The first-order valence-electron chi connectivity index (χ1n) is 9.11. The van der Waals surface area contributed by atoms with Crippen LogP contribution in [0.15, 0.2) is 89.9 Å². The van der Waals surface area contributed by atoms with E-state index in [9.17, 15) is 18.0 Å². The second kappa shape index (κ2) is 8.31. The summed E-state index contributed by atoms with van der Waals surface area (Å²) in [6.07, 6.45) is -0.300.